The molecule has 1 radical (unpaired) electrons. The maximum absolute atomic E-state index is 10.0. The van der Waals surface area contributed by atoms with Gasteiger partial charge in [0.15, 0.2) is 5.78 Å². The van der Waals surface area contributed by atoms with Gasteiger partial charge in [0.25, 0.3) is 0 Å². The van der Waals surface area contributed by atoms with Crippen LogP contribution in [0.2, 0.25) is 0 Å². The second-order valence-corrected chi connectivity index (χ2v) is 8.64. The van der Waals surface area contributed by atoms with Gasteiger partial charge in [0.1, 0.15) is 0 Å². The zero-order valence-corrected chi connectivity index (χ0v) is 23.4. The molecule has 1 heterocycles. The minimum absolute atomic E-state index is 0. The molecular weight excluding hydrogens is 635 g/mol. The molecule has 0 atom stereocenters. The van der Waals surface area contributed by atoms with Crippen molar-refractivity contribution in [3.63, 3.8) is 0 Å². The molecule has 187 valence electrons. The van der Waals surface area contributed by atoms with Crippen molar-refractivity contribution in [2.24, 2.45) is 0 Å². The quantitative estimate of drug-likeness (QED) is 0.120. The van der Waals surface area contributed by atoms with Crippen LogP contribution in [0.5, 0.6) is 0 Å². The van der Waals surface area contributed by atoms with Crippen molar-refractivity contribution in [3.05, 3.63) is 127 Å². The molecular formula is C33H28IrNO2-. The van der Waals surface area contributed by atoms with Gasteiger partial charge in [0, 0.05) is 31.6 Å². The molecule has 0 spiro atoms. The second-order valence-electron chi connectivity index (χ2n) is 8.64. The van der Waals surface area contributed by atoms with Crippen molar-refractivity contribution < 1.29 is 30.0 Å². The third kappa shape index (κ3) is 6.89. The first-order valence-electron chi connectivity index (χ1n) is 11.8. The molecule has 1 N–H and O–H groups in total. The molecule has 5 rings (SSSR count). The van der Waals surface area contributed by atoms with E-state index in [9.17, 15) is 4.79 Å². The van der Waals surface area contributed by atoms with Gasteiger partial charge >= 0.3 is 0 Å². The summed E-state index contributed by atoms with van der Waals surface area (Å²) in [7, 11) is 0. The van der Waals surface area contributed by atoms with E-state index in [0.717, 1.165) is 33.3 Å². The van der Waals surface area contributed by atoms with E-state index in [1.807, 2.05) is 6.07 Å². The molecule has 37 heavy (non-hydrogen) atoms. The smallest absolute Gasteiger partial charge is 0.155 e. The first kappa shape index (κ1) is 27.7. The van der Waals surface area contributed by atoms with Crippen molar-refractivity contribution in [2.75, 3.05) is 0 Å². The second kappa shape index (κ2) is 12.9. The van der Waals surface area contributed by atoms with Gasteiger partial charge in [-0.1, -0.05) is 85.8 Å². The Kier molecular flexibility index (Phi) is 9.68. The molecule has 0 bridgehead atoms. The number of aromatic nitrogens is 1. The van der Waals surface area contributed by atoms with Crippen molar-refractivity contribution >= 4 is 16.7 Å². The zero-order valence-electron chi connectivity index (χ0n) is 21.0. The molecule has 0 saturated heterocycles. The van der Waals surface area contributed by atoms with E-state index >= 15 is 0 Å². The van der Waals surface area contributed by atoms with Gasteiger partial charge in [-0.15, -0.1) is 35.4 Å². The van der Waals surface area contributed by atoms with Crippen LogP contribution in [-0.4, -0.2) is 15.9 Å². The van der Waals surface area contributed by atoms with Crippen LogP contribution in [-0.2, 0) is 24.9 Å². The molecule has 0 aliphatic carbocycles. The number of pyridine rings is 1. The molecule has 1 aromatic heterocycles. The number of carbonyl (C=O) groups excluding carboxylic acids is 1. The van der Waals surface area contributed by atoms with Crippen LogP contribution in [0, 0.1) is 13.0 Å². The van der Waals surface area contributed by atoms with Crippen molar-refractivity contribution in [1.82, 2.24) is 4.98 Å². The maximum atomic E-state index is 10.0. The Morgan fingerprint density at radius 3 is 1.86 bits per heavy atom. The summed E-state index contributed by atoms with van der Waals surface area (Å²) in [6.07, 6.45) is 1.17. The van der Waals surface area contributed by atoms with Crippen molar-refractivity contribution in [3.8, 4) is 33.5 Å². The van der Waals surface area contributed by atoms with Crippen LogP contribution in [0.25, 0.3) is 44.4 Å². The first-order chi connectivity index (χ1) is 17.4. The number of aliphatic hydroxyl groups excluding tert-OH is 1. The predicted octanol–water partition coefficient (Wildman–Crippen LogP) is 8.38. The van der Waals surface area contributed by atoms with Gasteiger partial charge in [-0.05, 0) is 47.9 Å². The minimum Gasteiger partial charge on any atom is -0.512 e. The van der Waals surface area contributed by atoms with E-state index in [1.54, 1.807) is 0 Å². The summed E-state index contributed by atoms with van der Waals surface area (Å²) in [4.78, 5) is 15.1. The SMILES string of the molecule is CC(=O)/C=C(/C)O.Cc1c[c-]c(-c2nc3ccccc3c(-c3ccccc3)c2-c2ccccc2)cc1.[Ir]. The number of rotatable bonds is 4. The summed E-state index contributed by atoms with van der Waals surface area (Å²) in [5.74, 6) is -0.0625. The third-order valence-electron chi connectivity index (χ3n) is 5.65. The Morgan fingerprint density at radius 2 is 1.35 bits per heavy atom. The van der Waals surface area contributed by atoms with Crippen LogP contribution >= 0.6 is 0 Å². The summed E-state index contributed by atoms with van der Waals surface area (Å²) in [5, 5.41) is 9.52. The van der Waals surface area contributed by atoms with E-state index < -0.39 is 0 Å². The molecule has 0 aliphatic heterocycles. The Hall–Kier alpha value is -3.85. The standard InChI is InChI=1S/C28H20N.C5H8O2.Ir/c1-20-16-18-23(19-17-20)28-27(22-12-6-3-7-13-22)26(21-10-4-2-5-11-21)24-14-8-9-15-25(24)29-28;1-4(6)3-5(2)7;/h2-18H,1H3;3,6H,1-2H3;/q-1;;/b;4-3-;. The van der Waals surface area contributed by atoms with Crippen LogP contribution in [0.4, 0.5) is 0 Å². The molecule has 5 aromatic rings. The largest absolute Gasteiger partial charge is 0.512 e. The number of fused-ring (bicyclic) bond motifs is 1. The molecule has 0 fully saturated rings. The van der Waals surface area contributed by atoms with Gasteiger partial charge in [-0.25, -0.2) is 0 Å². The van der Waals surface area contributed by atoms with Crippen LogP contribution in [0.3, 0.4) is 0 Å². The number of nitrogens with zero attached hydrogens (tertiary/aromatic N) is 1. The molecule has 4 aromatic carbocycles. The van der Waals surface area contributed by atoms with Crippen molar-refractivity contribution in [2.45, 2.75) is 20.8 Å². The van der Waals surface area contributed by atoms with Gasteiger partial charge in [-0.2, -0.15) is 0 Å². The van der Waals surface area contributed by atoms with E-state index in [1.165, 1.54) is 36.6 Å². The van der Waals surface area contributed by atoms with Gasteiger partial charge < -0.3 is 5.11 Å². The van der Waals surface area contributed by atoms with Gasteiger partial charge in [0.05, 0.1) is 11.3 Å². The first-order valence-corrected chi connectivity index (χ1v) is 11.8. The number of allylic oxidation sites excluding steroid dienone is 2. The van der Waals surface area contributed by atoms with E-state index in [0.29, 0.717) is 0 Å². The summed E-state index contributed by atoms with van der Waals surface area (Å²) < 4.78 is 0. The molecule has 0 saturated carbocycles. The van der Waals surface area contributed by atoms with Crippen LogP contribution in [0.15, 0.2) is 115 Å². The van der Waals surface area contributed by atoms with Crippen LogP contribution in [0.1, 0.15) is 19.4 Å². The van der Waals surface area contributed by atoms with E-state index in [-0.39, 0.29) is 31.6 Å². The van der Waals surface area contributed by atoms with E-state index in [2.05, 4.69) is 110 Å². The number of aliphatic hydroxyl groups is 1. The Bertz CT molecular complexity index is 1510. The Balaban J connectivity index is 0.000000422. The Labute approximate surface area is 231 Å². The molecule has 3 nitrogen and oxygen atoms in total. The molecule has 0 aliphatic rings. The average molecular weight is 663 g/mol. The monoisotopic (exact) mass is 663 g/mol. The number of hydrogen-bond donors (Lipinski definition) is 1. The predicted molar refractivity (Wildman–Crippen MR) is 149 cm³/mol. The third-order valence-corrected chi connectivity index (χ3v) is 5.65. The van der Waals surface area contributed by atoms with Crippen molar-refractivity contribution in [1.29, 1.82) is 0 Å². The molecule has 0 amide bonds. The van der Waals surface area contributed by atoms with E-state index in [4.69, 9.17) is 10.1 Å². The average Bonchev–Trinajstić information content (AvgIpc) is 2.88. The fourth-order valence-electron chi connectivity index (χ4n) is 4.14. The number of ketones is 1. The summed E-state index contributed by atoms with van der Waals surface area (Å²) in [6, 6.07) is 39.3. The summed E-state index contributed by atoms with van der Waals surface area (Å²) in [5.41, 5.74) is 8.88. The number of para-hydroxylation sites is 1. The molecule has 4 heteroatoms. The van der Waals surface area contributed by atoms with Gasteiger partial charge in [-0.3, -0.25) is 9.78 Å². The molecule has 0 unspecified atom stereocenters. The number of hydrogen-bond acceptors (Lipinski definition) is 3. The minimum atomic E-state index is -0.125. The normalized spacial score (nSPS) is 10.7. The zero-order chi connectivity index (χ0) is 25.5. The van der Waals surface area contributed by atoms with Crippen LogP contribution < -0.4 is 0 Å². The fraction of sp³-hybridized carbons (Fsp3) is 0.0909. The summed E-state index contributed by atoms with van der Waals surface area (Å²) >= 11 is 0. The summed E-state index contributed by atoms with van der Waals surface area (Å²) in [6.45, 7) is 4.93. The number of benzene rings is 4. The van der Waals surface area contributed by atoms with Gasteiger partial charge in [0.2, 0.25) is 0 Å². The number of carbonyl (C=O) groups is 1. The number of aryl methyl sites for hydroxylation is 1. The topological polar surface area (TPSA) is 50.2 Å². The maximum Gasteiger partial charge on any atom is 0.155 e. The Morgan fingerprint density at radius 1 is 0.784 bits per heavy atom. The fourth-order valence-corrected chi connectivity index (χ4v) is 4.14.